The normalized spacial score (nSPS) is 35.7. The lowest BCUT2D eigenvalue weighted by Gasteiger charge is -2.41. The number of piperidine rings is 2. The van der Waals surface area contributed by atoms with Crippen LogP contribution in [0.3, 0.4) is 0 Å². The van der Waals surface area contributed by atoms with E-state index in [9.17, 15) is 0 Å². The van der Waals surface area contributed by atoms with Crippen LogP contribution >= 0.6 is 0 Å². The molecule has 0 radical (unpaired) electrons. The van der Waals surface area contributed by atoms with Gasteiger partial charge in [-0.05, 0) is 51.4 Å². The summed E-state index contributed by atoms with van der Waals surface area (Å²) in [7, 11) is 0. The van der Waals surface area contributed by atoms with Crippen LogP contribution in [-0.2, 0) is 0 Å². The molecular weight excluding hydrogens is 292 g/mol. The largest absolute Gasteiger partial charge is 0.296 e. The highest BCUT2D eigenvalue weighted by Gasteiger charge is 2.27. The van der Waals surface area contributed by atoms with Gasteiger partial charge in [-0.1, -0.05) is 51.5 Å². The Kier molecular flexibility index (Phi) is 8.55. The van der Waals surface area contributed by atoms with E-state index < -0.39 is 0 Å². The van der Waals surface area contributed by atoms with E-state index >= 15 is 0 Å². The second-order valence-corrected chi connectivity index (χ2v) is 7.80. The highest BCUT2D eigenvalue weighted by atomic mass is 15.2. The summed E-state index contributed by atoms with van der Waals surface area (Å²) >= 11 is 0. The standard InChI is InChI=1S/2C10H17N.C2H6/c1-9-5-4-7-10-6-2-3-8-11(9)10;1-9-5-6-10-4-2-3-7-11(10)8-9;1-2/h2,6,9-10H,3-5,7-8H2,1H3;2-3,9-10H,4-8H2,1H3;1-2H3. The monoisotopic (exact) mass is 332 g/mol. The zero-order valence-electron chi connectivity index (χ0n) is 16.6. The zero-order valence-corrected chi connectivity index (χ0v) is 16.6. The molecule has 4 rings (SSSR count). The smallest absolute Gasteiger partial charge is 0.0281 e. The number of hydrogen-bond donors (Lipinski definition) is 0. The maximum absolute atomic E-state index is 2.66. The molecule has 138 valence electrons. The molecule has 2 nitrogen and oxygen atoms in total. The molecule has 4 aliphatic heterocycles. The van der Waals surface area contributed by atoms with Crippen molar-refractivity contribution < 1.29 is 0 Å². The predicted molar refractivity (Wildman–Crippen MR) is 106 cm³/mol. The molecule has 4 aliphatic rings. The number of hydrogen-bond acceptors (Lipinski definition) is 2. The summed E-state index contributed by atoms with van der Waals surface area (Å²) < 4.78 is 0. The van der Waals surface area contributed by atoms with E-state index in [0.29, 0.717) is 0 Å². The highest BCUT2D eigenvalue weighted by Crippen LogP contribution is 2.26. The van der Waals surface area contributed by atoms with E-state index in [0.717, 1.165) is 24.0 Å². The summed E-state index contributed by atoms with van der Waals surface area (Å²) in [4.78, 5) is 5.29. The Labute approximate surface area is 151 Å². The molecule has 2 fully saturated rings. The van der Waals surface area contributed by atoms with Crippen LogP contribution in [0.5, 0.6) is 0 Å². The molecule has 2 saturated heterocycles. The second-order valence-electron chi connectivity index (χ2n) is 7.80. The van der Waals surface area contributed by atoms with Gasteiger partial charge in [-0.3, -0.25) is 9.80 Å². The van der Waals surface area contributed by atoms with Crippen molar-refractivity contribution in [3.8, 4) is 0 Å². The molecule has 4 atom stereocenters. The van der Waals surface area contributed by atoms with Gasteiger partial charge in [0.25, 0.3) is 0 Å². The first-order chi connectivity index (χ1) is 11.7. The summed E-state index contributed by atoms with van der Waals surface area (Å²) in [6.45, 7) is 12.6. The van der Waals surface area contributed by atoms with E-state index in [4.69, 9.17) is 0 Å². The molecule has 24 heavy (non-hydrogen) atoms. The first-order valence-corrected chi connectivity index (χ1v) is 10.6. The average molecular weight is 333 g/mol. The summed E-state index contributed by atoms with van der Waals surface area (Å²) in [6, 6.07) is 2.50. The molecule has 0 saturated carbocycles. The molecule has 0 aliphatic carbocycles. The van der Waals surface area contributed by atoms with Crippen LogP contribution in [0.15, 0.2) is 24.3 Å². The molecule has 0 N–H and O–H groups in total. The maximum atomic E-state index is 2.66. The minimum Gasteiger partial charge on any atom is -0.296 e. The fraction of sp³-hybridized carbons (Fsp3) is 0.818. The average Bonchev–Trinajstić information content (AvgIpc) is 2.64. The topological polar surface area (TPSA) is 6.48 Å². The minimum atomic E-state index is 0.785. The van der Waals surface area contributed by atoms with Crippen molar-refractivity contribution in [2.45, 2.75) is 90.8 Å². The van der Waals surface area contributed by atoms with Crippen LogP contribution in [-0.4, -0.2) is 47.6 Å². The molecule has 0 aromatic carbocycles. The van der Waals surface area contributed by atoms with E-state index in [2.05, 4.69) is 48.0 Å². The van der Waals surface area contributed by atoms with E-state index in [-0.39, 0.29) is 0 Å². The van der Waals surface area contributed by atoms with Gasteiger partial charge in [-0.2, -0.15) is 0 Å². The molecule has 0 aromatic rings. The summed E-state index contributed by atoms with van der Waals surface area (Å²) in [5.74, 6) is 0.928. The second kappa shape index (κ2) is 10.4. The van der Waals surface area contributed by atoms with Crippen molar-refractivity contribution in [3.05, 3.63) is 24.3 Å². The molecule has 0 spiro atoms. The van der Waals surface area contributed by atoms with Crippen molar-refractivity contribution in [1.29, 1.82) is 0 Å². The van der Waals surface area contributed by atoms with E-state index in [1.165, 1.54) is 64.6 Å². The van der Waals surface area contributed by atoms with Gasteiger partial charge in [0.2, 0.25) is 0 Å². The summed E-state index contributed by atoms with van der Waals surface area (Å²) in [5, 5.41) is 0. The van der Waals surface area contributed by atoms with Crippen LogP contribution in [0.1, 0.15) is 72.6 Å². The van der Waals surface area contributed by atoms with E-state index in [1.807, 2.05) is 13.8 Å². The van der Waals surface area contributed by atoms with Gasteiger partial charge in [-0.25, -0.2) is 0 Å². The maximum Gasteiger partial charge on any atom is 0.0281 e. The third kappa shape index (κ3) is 5.46. The Morgan fingerprint density at radius 3 is 2.54 bits per heavy atom. The fourth-order valence-corrected chi connectivity index (χ4v) is 4.60. The number of nitrogens with zero attached hydrogens (tertiary/aromatic N) is 2. The van der Waals surface area contributed by atoms with Crippen LogP contribution in [0.2, 0.25) is 0 Å². The van der Waals surface area contributed by atoms with Crippen LogP contribution in [0, 0.1) is 5.92 Å². The Bertz CT molecular complexity index is 401. The Balaban J connectivity index is 0.000000158. The van der Waals surface area contributed by atoms with Gasteiger partial charge < -0.3 is 0 Å². The van der Waals surface area contributed by atoms with Gasteiger partial charge in [0.05, 0.1) is 0 Å². The number of rotatable bonds is 0. The van der Waals surface area contributed by atoms with Crippen molar-refractivity contribution in [2.24, 2.45) is 5.92 Å². The lowest BCUT2D eigenvalue weighted by atomic mass is 9.91. The van der Waals surface area contributed by atoms with Crippen molar-refractivity contribution in [1.82, 2.24) is 9.80 Å². The molecule has 4 unspecified atom stereocenters. The van der Waals surface area contributed by atoms with Crippen molar-refractivity contribution in [3.63, 3.8) is 0 Å². The van der Waals surface area contributed by atoms with Gasteiger partial charge in [0.1, 0.15) is 0 Å². The van der Waals surface area contributed by atoms with Crippen LogP contribution in [0.4, 0.5) is 0 Å². The van der Waals surface area contributed by atoms with Crippen molar-refractivity contribution >= 4 is 0 Å². The predicted octanol–water partition coefficient (Wildman–Crippen LogP) is 5.26. The zero-order chi connectivity index (χ0) is 17.4. The quantitative estimate of drug-likeness (QED) is 0.558. The molecule has 0 aromatic heterocycles. The first-order valence-electron chi connectivity index (χ1n) is 10.6. The van der Waals surface area contributed by atoms with E-state index in [1.54, 1.807) is 0 Å². The summed E-state index contributed by atoms with van der Waals surface area (Å²) in [6.07, 6.45) is 19.1. The third-order valence-corrected chi connectivity index (χ3v) is 6.00. The van der Waals surface area contributed by atoms with Crippen LogP contribution in [0.25, 0.3) is 0 Å². The molecular formula is C22H40N2. The lowest BCUT2D eigenvalue weighted by molar-refractivity contribution is 0.115. The minimum absolute atomic E-state index is 0.785. The van der Waals surface area contributed by atoms with Gasteiger partial charge in [0, 0.05) is 37.8 Å². The summed E-state index contributed by atoms with van der Waals surface area (Å²) in [5.41, 5.74) is 0. The van der Waals surface area contributed by atoms with Crippen molar-refractivity contribution in [2.75, 3.05) is 19.6 Å². The highest BCUT2D eigenvalue weighted by molar-refractivity contribution is 5.02. The molecule has 2 heteroatoms. The molecule has 0 amide bonds. The molecule has 0 bridgehead atoms. The van der Waals surface area contributed by atoms with Gasteiger partial charge in [-0.15, -0.1) is 0 Å². The Morgan fingerprint density at radius 2 is 1.75 bits per heavy atom. The third-order valence-electron chi connectivity index (χ3n) is 6.00. The van der Waals surface area contributed by atoms with Crippen LogP contribution < -0.4 is 0 Å². The first kappa shape index (κ1) is 19.7. The number of fused-ring (bicyclic) bond motifs is 2. The van der Waals surface area contributed by atoms with Gasteiger partial charge >= 0.3 is 0 Å². The SMILES string of the molecule is CC.CC1CCC2CC=CCN2C1.CC1CCCC2C=CCCN12. The Morgan fingerprint density at radius 1 is 0.917 bits per heavy atom. The lowest BCUT2D eigenvalue weighted by Crippen LogP contribution is -2.45. The molecule has 4 heterocycles. The van der Waals surface area contributed by atoms with Gasteiger partial charge in [0.15, 0.2) is 0 Å². The fourth-order valence-electron chi connectivity index (χ4n) is 4.60. The Hall–Kier alpha value is -0.600.